The second kappa shape index (κ2) is 5.06. The number of carboxylic acids is 1. The van der Waals surface area contributed by atoms with Crippen molar-refractivity contribution >= 4 is 12.0 Å². The van der Waals surface area contributed by atoms with Crippen molar-refractivity contribution in [2.24, 2.45) is 5.73 Å². The molecule has 0 atom stereocenters. The van der Waals surface area contributed by atoms with Crippen molar-refractivity contribution in [3.05, 3.63) is 29.5 Å². The molecular weight excluding hydrogens is 210 g/mol. The van der Waals surface area contributed by atoms with E-state index in [1.54, 1.807) is 18.2 Å². The van der Waals surface area contributed by atoms with Crippen LogP contribution in [0.5, 0.6) is 11.5 Å². The Balaban J connectivity index is 3.29. The first-order valence-electron chi connectivity index (χ1n) is 4.51. The molecule has 0 heterocycles. The van der Waals surface area contributed by atoms with E-state index < -0.39 is 5.97 Å². The molecule has 0 aromatic heterocycles. The van der Waals surface area contributed by atoms with Crippen molar-refractivity contribution in [3.8, 4) is 11.5 Å². The number of benzene rings is 1. The molecule has 16 heavy (non-hydrogen) atoms. The Morgan fingerprint density at radius 2 is 1.81 bits per heavy atom. The quantitative estimate of drug-likeness (QED) is 0.746. The van der Waals surface area contributed by atoms with Gasteiger partial charge in [-0.3, -0.25) is 0 Å². The van der Waals surface area contributed by atoms with Gasteiger partial charge in [0.2, 0.25) is 0 Å². The molecule has 0 aliphatic heterocycles. The van der Waals surface area contributed by atoms with Crippen LogP contribution in [0, 0.1) is 0 Å². The minimum Gasteiger partial charge on any atom is -0.496 e. The Kier molecular flexibility index (Phi) is 3.77. The van der Waals surface area contributed by atoms with E-state index in [0.717, 1.165) is 0 Å². The lowest BCUT2D eigenvalue weighted by molar-refractivity contribution is -0.132. The van der Waals surface area contributed by atoms with Gasteiger partial charge in [-0.1, -0.05) is 6.07 Å². The number of carboxylic acid groups (broad SMARTS) is 1. The van der Waals surface area contributed by atoms with Crippen molar-refractivity contribution in [2.75, 3.05) is 14.2 Å². The summed E-state index contributed by atoms with van der Waals surface area (Å²) in [6.45, 7) is 0. The summed E-state index contributed by atoms with van der Waals surface area (Å²) in [5.74, 6) is -0.181. The number of rotatable bonds is 4. The van der Waals surface area contributed by atoms with Gasteiger partial charge in [-0.25, -0.2) is 4.79 Å². The summed E-state index contributed by atoms with van der Waals surface area (Å²) >= 11 is 0. The Morgan fingerprint density at radius 1 is 1.31 bits per heavy atom. The highest BCUT2D eigenvalue weighted by molar-refractivity contribution is 5.92. The maximum Gasteiger partial charge on any atom is 0.351 e. The number of methoxy groups -OCH3 is 2. The van der Waals surface area contributed by atoms with Crippen LogP contribution < -0.4 is 15.2 Å². The zero-order valence-corrected chi connectivity index (χ0v) is 9.06. The van der Waals surface area contributed by atoms with E-state index in [1.807, 2.05) is 0 Å². The molecule has 0 saturated heterocycles. The fourth-order valence-corrected chi connectivity index (χ4v) is 1.24. The minimum atomic E-state index is -1.19. The predicted octanol–water partition coefficient (Wildman–Crippen LogP) is 1.09. The van der Waals surface area contributed by atoms with Gasteiger partial charge >= 0.3 is 5.97 Å². The summed E-state index contributed by atoms with van der Waals surface area (Å²) in [6.07, 6.45) is 1.31. The van der Waals surface area contributed by atoms with E-state index in [0.29, 0.717) is 17.1 Å². The topological polar surface area (TPSA) is 81.8 Å². The average Bonchev–Trinajstić information content (AvgIpc) is 2.29. The van der Waals surface area contributed by atoms with Gasteiger partial charge in [0.25, 0.3) is 0 Å². The van der Waals surface area contributed by atoms with Gasteiger partial charge in [-0.2, -0.15) is 0 Å². The normalized spacial score (nSPS) is 11.0. The molecule has 0 amide bonds. The van der Waals surface area contributed by atoms with E-state index in [-0.39, 0.29) is 5.70 Å². The van der Waals surface area contributed by atoms with Crippen molar-refractivity contribution < 1.29 is 19.4 Å². The molecular formula is C11H13NO4. The summed E-state index contributed by atoms with van der Waals surface area (Å²) in [5, 5.41) is 8.70. The smallest absolute Gasteiger partial charge is 0.351 e. The number of nitrogens with two attached hydrogens (primary N) is 1. The monoisotopic (exact) mass is 223 g/mol. The van der Waals surface area contributed by atoms with Crippen LogP contribution in [-0.4, -0.2) is 25.3 Å². The summed E-state index contributed by atoms with van der Waals surface area (Å²) < 4.78 is 10.2. The van der Waals surface area contributed by atoms with Crippen molar-refractivity contribution in [1.82, 2.24) is 0 Å². The highest BCUT2D eigenvalue weighted by Gasteiger charge is 2.10. The van der Waals surface area contributed by atoms with Gasteiger partial charge in [-0.15, -0.1) is 0 Å². The zero-order chi connectivity index (χ0) is 12.1. The molecule has 3 N–H and O–H groups in total. The molecule has 5 nitrogen and oxygen atoms in total. The maximum absolute atomic E-state index is 10.6. The zero-order valence-electron chi connectivity index (χ0n) is 9.06. The summed E-state index contributed by atoms with van der Waals surface area (Å²) in [7, 11) is 2.98. The molecule has 1 aromatic rings. The molecule has 0 bridgehead atoms. The molecule has 0 radical (unpaired) electrons. The lowest BCUT2D eigenvalue weighted by Gasteiger charge is -2.09. The predicted molar refractivity (Wildman–Crippen MR) is 59.3 cm³/mol. The van der Waals surface area contributed by atoms with Gasteiger partial charge in [0.15, 0.2) is 0 Å². The van der Waals surface area contributed by atoms with Crippen LogP contribution in [0.1, 0.15) is 5.56 Å². The Labute approximate surface area is 93.1 Å². The van der Waals surface area contributed by atoms with Crippen LogP contribution >= 0.6 is 0 Å². The molecule has 1 aromatic carbocycles. The number of hydrogen-bond donors (Lipinski definition) is 2. The van der Waals surface area contributed by atoms with Crippen molar-refractivity contribution in [2.45, 2.75) is 0 Å². The van der Waals surface area contributed by atoms with Crippen LogP contribution in [0.4, 0.5) is 0 Å². The first-order chi connectivity index (χ1) is 7.60. The van der Waals surface area contributed by atoms with Crippen molar-refractivity contribution in [1.29, 1.82) is 0 Å². The van der Waals surface area contributed by atoms with Crippen LogP contribution in [0.2, 0.25) is 0 Å². The standard InChI is InChI=1S/C11H13NO4/c1-15-9-4-3-5-10(16-2)7(9)6-8(12)11(13)14/h3-6H,12H2,1-2H3,(H,13,14)/b8-6+. The van der Waals surface area contributed by atoms with Crippen LogP contribution in [0.25, 0.3) is 6.08 Å². The third-order valence-corrected chi connectivity index (χ3v) is 2.01. The Morgan fingerprint density at radius 3 is 2.19 bits per heavy atom. The molecule has 5 heteroatoms. The van der Waals surface area contributed by atoms with E-state index in [2.05, 4.69) is 0 Å². The average molecular weight is 223 g/mol. The second-order valence-electron chi connectivity index (χ2n) is 2.98. The summed E-state index contributed by atoms with van der Waals surface area (Å²) in [5.41, 5.74) is 5.58. The molecule has 0 unspecified atom stereocenters. The minimum absolute atomic E-state index is 0.275. The van der Waals surface area contributed by atoms with Crippen LogP contribution in [0.3, 0.4) is 0 Å². The lowest BCUT2D eigenvalue weighted by atomic mass is 10.1. The maximum atomic E-state index is 10.6. The van der Waals surface area contributed by atoms with Gasteiger partial charge in [0.05, 0.1) is 19.8 Å². The second-order valence-corrected chi connectivity index (χ2v) is 2.98. The Bertz CT molecular complexity index is 404. The molecule has 0 saturated carbocycles. The van der Waals surface area contributed by atoms with Gasteiger partial charge < -0.3 is 20.3 Å². The molecule has 0 aliphatic rings. The number of carbonyl (C=O) groups is 1. The third-order valence-electron chi connectivity index (χ3n) is 2.01. The first kappa shape index (κ1) is 11.9. The number of ether oxygens (including phenoxy) is 2. The van der Waals surface area contributed by atoms with E-state index >= 15 is 0 Å². The molecule has 0 aliphatic carbocycles. The van der Waals surface area contributed by atoms with Crippen LogP contribution in [-0.2, 0) is 4.79 Å². The van der Waals surface area contributed by atoms with Crippen LogP contribution in [0.15, 0.2) is 23.9 Å². The fraction of sp³-hybridized carbons (Fsp3) is 0.182. The SMILES string of the molecule is COc1cccc(OC)c1/C=C(/N)C(=O)O. The van der Waals surface area contributed by atoms with Gasteiger partial charge in [-0.05, 0) is 18.2 Å². The largest absolute Gasteiger partial charge is 0.496 e. The van der Waals surface area contributed by atoms with Gasteiger partial charge in [0, 0.05) is 0 Å². The Hall–Kier alpha value is -2.17. The summed E-state index contributed by atoms with van der Waals surface area (Å²) in [4.78, 5) is 10.6. The highest BCUT2D eigenvalue weighted by atomic mass is 16.5. The fourth-order valence-electron chi connectivity index (χ4n) is 1.24. The lowest BCUT2D eigenvalue weighted by Crippen LogP contribution is -2.09. The highest BCUT2D eigenvalue weighted by Crippen LogP contribution is 2.29. The van der Waals surface area contributed by atoms with Gasteiger partial charge in [0.1, 0.15) is 17.2 Å². The molecule has 0 spiro atoms. The van der Waals surface area contributed by atoms with E-state index in [1.165, 1.54) is 20.3 Å². The van der Waals surface area contributed by atoms with Crippen molar-refractivity contribution in [3.63, 3.8) is 0 Å². The number of hydrogen-bond acceptors (Lipinski definition) is 4. The molecule has 86 valence electrons. The third kappa shape index (κ3) is 2.44. The first-order valence-corrected chi connectivity index (χ1v) is 4.51. The molecule has 0 fully saturated rings. The van der Waals surface area contributed by atoms with E-state index in [9.17, 15) is 4.79 Å². The number of aliphatic carboxylic acids is 1. The summed E-state index contributed by atoms with van der Waals surface area (Å²) in [6, 6.07) is 5.14. The molecule has 1 rings (SSSR count). The van der Waals surface area contributed by atoms with E-state index in [4.69, 9.17) is 20.3 Å².